The first-order chi connectivity index (χ1) is 17.5. The van der Waals surface area contributed by atoms with Crippen LogP contribution in [-0.4, -0.2) is 70.4 Å². The molecular weight excluding hydrogens is 500 g/mol. The van der Waals surface area contributed by atoms with Gasteiger partial charge in [-0.05, 0) is 24.3 Å². The van der Waals surface area contributed by atoms with Gasteiger partial charge in [-0.1, -0.05) is 0 Å². The smallest absolute Gasteiger partial charge is 0.336 e. The molecule has 3 aromatic rings. The Morgan fingerprint density at radius 2 is 1.59 bits per heavy atom. The maximum atomic E-state index is 12.9. The number of aromatic hydroxyl groups is 5. The Bertz CT molecular complexity index is 1440. The second-order valence-electron chi connectivity index (χ2n) is 7.32. The molecule has 14 nitrogen and oxygen atoms in total. The zero-order valence-corrected chi connectivity index (χ0v) is 18.4. The number of aliphatic hydroxyl groups excluding tert-OH is 3. The highest BCUT2D eigenvalue weighted by molar-refractivity contribution is 5.93. The fourth-order valence-corrected chi connectivity index (χ4v) is 3.19. The molecule has 0 radical (unpaired) electrons. The van der Waals surface area contributed by atoms with E-state index in [2.05, 4.69) is 0 Å². The third-order valence-corrected chi connectivity index (χ3v) is 4.89. The van der Waals surface area contributed by atoms with Gasteiger partial charge in [0.2, 0.25) is 23.2 Å². The molecule has 0 aliphatic carbocycles. The van der Waals surface area contributed by atoms with Crippen LogP contribution in [0.15, 0.2) is 58.2 Å². The molecule has 0 aliphatic heterocycles. The van der Waals surface area contributed by atoms with Crippen molar-refractivity contribution in [3.05, 3.63) is 59.2 Å². The Morgan fingerprint density at radius 3 is 2.19 bits per heavy atom. The number of aliphatic carboxylic acids is 1. The Balaban J connectivity index is 2.20. The molecule has 1 aromatic heterocycles. The molecule has 0 saturated carbocycles. The maximum absolute atomic E-state index is 12.9. The molecule has 3 atom stereocenters. The van der Waals surface area contributed by atoms with E-state index in [0.29, 0.717) is 24.7 Å². The van der Waals surface area contributed by atoms with Gasteiger partial charge in [0.15, 0.2) is 34.7 Å². The Kier molecular flexibility index (Phi) is 7.65. The summed E-state index contributed by atoms with van der Waals surface area (Å²) >= 11 is 0. The molecule has 0 amide bonds. The predicted molar refractivity (Wildman–Crippen MR) is 123 cm³/mol. The molecular formula is C23H20O14. The zero-order valence-electron chi connectivity index (χ0n) is 18.4. The van der Waals surface area contributed by atoms with E-state index in [0.717, 1.165) is 24.3 Å². The molecule has 0 fully saturated rings. The summed E-state index contributed by atoms with van der Waals surface area (Å²) in [5.74, 6) is -6.89. The van der Waals surface area contributed by atoms with Crippen molar-refractivity contribution in [2.75, 3.05) is 0 Å². The van der Waals surface area contributed by atoms with Gasteiger partial charge >= 0.3 is 5.97 Å². The highest BCUT2D eigenvalue weighted by Gasteiger charge is 2.31. The van der Waals surface area contributed by atoms with Gasteiger partial charge in [-0.25, -0.2) is 4.79 Å². The number of rotatable bonds is 9. The highest BCUT2D eigenvalue weighted by atomic mass is 16.7. The molecule has 3 rings (SSSR count). The minimum absolute atomic E-state index is 0.117. The molecule has 9 N–H and O–H groups in total. The van der Waals surface area contributed by atoms with Crippen LogP contribution in [0.4, 0.5) is 0 Å². The SMILES string of the molecule is O=C(O)C(OC(C=CO)Oc1c(O)cc(O)c2c(=O)c(O)c(-c3ccc(O)c(O)c3)oc12)C(O)C=CO. The summed E-state index contributed by atoms with van der Waals surface area (Å²) in [5.41, 5.74) is -1.99. The van der Waals surface area contributed by atoms with Gasteiger partial charge in [-0.3, -0.25) is 4.79 Å². The number of phenols is 4. The monoisotopic (exact) mass is 520 g/mol. The van der Waals surface area contributed by atoms with Crippen LogP contribution >= 0.6 is 0 Å². The van der Waals surface area contributed by atoms with Crippen LogP contribution in [0.1, 0.15) is 0 Å². The van der Waals surface area contributed by atoms with Gasteiger partial charge < -0.3 is 59.8 Å². The number of carboxylic acids is 1. The number of carboxylic acid groups (broad SMARTS) is 1. The third kappa shape index (κ3) is 5.29. The maximum Gasteiger partial charge on any atom is 0.336 e. The Hall–Kier alpha value is -5.08. The number of fused-ring (bicyclic) bond motifs is 1. The molecule has 3 unspecified atom stereocenters. The van der Waals surface area contributed by atoms with Gasteiger partial charge in [0.25, 0.3) is 0 Å². The number of benzene rings is 2. The van der Waals surface area contributed by atoms with E-state index in [1.54, 1.807) is 0 Å². The first-order valence-electron chi connectivity index (χ1n) is 10.1. The van der Waals surface area contributed by atoms with Crippen molar-refractivity contribution >= 4 is 16.9 Å². The Morgan fingerprint density at radius 1 is 0.919 bits per heavy atom. The minimum atomic E-state index is -2.07. The normalized spacial score (nSPS) is 14.2. The van der Waals surface area contributed by atoms with Crippen LogP contribution in [0.5, 0.6) is 34.5 Å². The molecule has 196 valence electrons. The van der Waals surface area contributed by atoms with Crippen LogP contribution in [0, 0.1) is 0 Å². The number of aliphatic hydroxyl groups is 3. The summed E-state index contributed by atoms with van der Waals surface area (Å²) in [4.78, 5) is 24.4. The van der Waals surface area contributed by atoms with E-state index in [4.69, 9.17) is 19.0 Å². The number of hydrogen-bond acceptors (Lipinski definition) is 13. The zero-order chi connectivity index (χ0) is 27.4. The van der Waals surface area contributed by atoms with Crippen LogP contribution in [0.25, 0.3) is 22.3 Å². The lowest BCUT2D eigenvalue weighted by atomic mass is 10.1. The fraction of sp³-hybridized carbons (Fsp3) is 0.130. The van der Waals surface area contributed by atoms with Crippen molar-refractivity contribution in [3.8, 4) is 45.8 Å². The summed E-state index contributed by atoms with van der Waals surface area (Å²) in [6, 6.07) is 3.78. The van der Waals surface area contributed by atoms with Gasteiger partial charge in [0.05, 0.1) is 12.5 Å². The number of ether oxygens (including phenoxy) is 2. The number of carbonyl (C=O) groups is 1. The van der Waals surface area contributed by atoms with E-state index in [9.17, 15) is 50.4 Å². The second kappa shape index (κ2) is 10.7. The summed E-state index contributed by atoms with van der Waals surface area (Å²) < 4.78 is 16.0. The van der Waals surface area contributed by atoms with Gasteiger partial charge in [-0.2, -0.15) is 0 Å². The van der Waals surface area contributed by atoms with Crippen LogP contribution in [0.2, 0.25) is 0 Å². The van der Waals surface area contributed by atoms with Crippen molar-refractivity contribution in [2.45, 2.75) is 18.5 Å². The van der Waals surface area contributed by atoms with Gasteiger partial charge in [0.1, 0.15) is 17.2 Å². The topological polar surface area (TPSA) is 248 Å². The van der Waals surface area contributed by atoms with Crippen molar-refractivity contribution in [2.24, 2.45) is 0 Å². The molecule has 0 saturated heterocycles. The van der Waals surface area contributed by atoms with Crippen LogP contribution < -0.4 is 10.2 Å². The quantitative estimate of drug-likeness (QED) is 0.111. The lowest BCUT2D eigenvalue weighted by molar-refractivity contribution is -0.172. The molecule has 2 aromatic carbocycles. The van der Waals surface area contributed by atoms with Gasteiger partial charge in [0, 0.05) is 17.7 Å². The standard InChI is InChI=1S/C23H20O14/c24-5-3-11(27)21(23(33)34)36-15(4-6-25)35-20-14(30)8-13(29)16-17(31)18(32)19(37-22(16)20)9-1-2-10(26)12(28)7-9/h1-8,11,15,21,24-30,32H,(H,33,34). The number of hydrogen-bond donors (Lipinski definition) is 9. The summed E-state index contributed by atoms with van der Waals surface area (Å²) in [6.45, 7) is 0. The molecule has 0 aliphatic rings. The molecule has 0 bridgehead atoms. The third-order valence-electron chi connectivity index (χ3n) is 4.89. The summed E-state index contributed by atoms with van der Waals surface area (Å²) in [5, 5.41) is 86.9. The molecule has 1 heterocycles. The number of phenolic OH excluding ortho intramolecular Hbond substituents is 4. The lowest BCUT2D eigenvalue weighted by Gasteiger charge is -2.23. The molecule has 37 heavy (non-hydrogen) atoms. The van der Waals surface area contributed by atoms with E-state index < -0.39 is 81.1 Å². The predicted octanol–water partition coefficient (Wildman–Crippen LogP) is 1.67. The van der Waals surface area contributed by atoms with Crippen LogP contribution in [-0.2, 0) is 9.53 Å². The minimum Gasteiger partial charge on any atom is -0.516 e. The van der Waals surface area contributed by atoms with Crippen molar-refractivity contribution in [1.82, 2.24) is 0 Å². The van der Waals surface area contributed by atoms with Crippen molar-refractivity contribution < 1.29 is 64.6 Å². The lowest BCUT2D eigenvalue weighted by Crippen LogP contribution is -2.39. The van der Waals surface area contributed by atoms with E-state index >= 15 is 0 Å². The van der Waals surface area contributed by atoms with Gasteiger partial charge in [-0.15, -0.1) is 0 Å². The average molecular weight is 520 g/mol. The first kappa shape index (κ1) is 26.5. The summed E-state index contributed by atoms with van der Waals surface area (Å²) in [6.07, 6.45) is -3.69. The van der Waals surface area contributed by atoms with E-state index in [1.165, 1.54) is 0 Å². The fourth-order valence-electron chi connectivity index (χ4n) is 3.19. The van der Waals surface area contributed by atoms with Crippen molar-refractivity contribution in [1.29, 1.82) is 0 Å². The highest BCUT2D eigenvalue weighted by Crippen LogP contribution is 2.44. The average Bonchev–Trinajstić information content (AvgIpc) is 2.83. The van der Waals surface area contributed by atoms with E-state index in [1.807, 2.05) is 0 Å². The first-order valence-corrected chi connectivity index (χ1v) is 10.1. The van der Waals surface area contributed by atoms with Crippen molar-refractivity contribution in [3.63, 3.8) is 0 Å². The largest absolute Gasteiger partial charge is 0.516 e. The summed E-state index contributed by atoms with van der Waals surface area (Å²) in [7, 11) is 0. The Labute approximate surface area is 205 Å². The molecule has 0 spiro atoms. The van der Waals surface area contributed by atoms with Crippen LogP contribution in [0.3, 0.4) is 0 Å². The molecule has 14 heteroatoms. The van der Waals surface area contributed by atoms with E-state index in [-0.39, 0.29) is 5.56 Å². The second-order valence-corrected chi connectivity index (χ2v) is 7.32.